The summed E-state index contributed by atoms with van der Waals surface area (Å²) in [5, 5.41) is 18.2. The van der Waals surface area contributed by atoms with E-state index in [2.05, 4.69) is 0 Å². The standard InChI is InChI=1S/C10H10O3/c11-7-4-6-2-1-3-8(10(12)13)9(6)5-7/h1-3,7,11H,4-5H2,(H,12,13). The van der Waals surface area contributed by atoms with Crippen LogP contribution in [0.15, 0.2) is 18.2 Å². The highest BCUT2D eigenvalue weighted by atomic mass is 16.4. The van der Waals surface area contributed by atoms with Gasteiger partial charge in [0, 0.05) is 0 Å². The van der Waals surface area contributed by atoms with Crippen LogP contribution in [0, 0.1) is 0 Å². The third kappa shape index (κ3) is 1.31. The highest BCUT2D eigenvalue weighted by Crippen LogP contribution is 2.25. The van der Waals surface area contributed by atoms with Gasteiger partial charge in [0.2, 0.25) is 0 Å². The Morgan fingerprint density at radius 1 is 1.38 bits per heavy atom. The highest BCUT2D eigenvalue weighted by molar-refractivity contribution is 5.90. The second kappa shape index (κ2) is 2.85. The Bertz CT molecular complexity index is 357. The third-order valence-electron chi connectivity index (χ3n) is 2.40. The van der Waals surface area contributed by atoms with E-state index in [9.17, 15) is 9.90 Å². The molecular weight excluding hydrogens is 168 g/mol. The Morgan fingerprint density at radius 3 is 2.85 bits per heavy atom. The van der Waals surface area contributed by atoms with Crippen molar-refractivity contribution in [2.24, 2.45) is 0 Å². The largest absolute Gasteiger partial charge is 0.478 e. The van der Waals surface area contributed by atoms with Gasteiger partial charge in [-0.2, -0.15) is 0 Å². The van der Waals surface area contributed by atoms with E-state index in [1.807, 2.05) is 6.07 Å². The molecule has 2 rings (SSSR count). The number of aromatic carboxylic acids is 1. The first-order valence-electron chi connectivity index (χ1n) is 4.20. The predicted octanol–water partition coefficient (Wildman–Crippen LogP) is 0.844. The van der Waals surface area contributed by atoms with Gasteiger partial charge in [-0.25, -0.2) is 4.79 Å². The summed E-state index contributed by atoms with van der Waals surface area (Å²) in [4.78, 5) is 10.8. The number of carbonyl (C=O) groups is 1. The maximum Gasteiger partial charge on any atom is 0.335 e. The molecule has 1 aromatic rings. The second-order valence-corrected chi connectivity index (χ2v) is 3.31. The molecule has 0 bridgehead atoms. The minimum absolute atomic E-state index is 0.328. The number of hydrogen-bond acceptors (Lipinski definition) is 2. The topological polar surface area (TPSA) is 57.5 Å². The molecule has 0 radical (unpaired) electrons. The minimum Gasteiger partial charge on any atom is -0.478 e. The molecule has 0 aromatic heterocycles. The maximum atomic E-state index is 10.8. The monoisotopic (exact) mass is 178 g/mol. The number of carboxylic acid groups (broad SMARTS) is 1. The van der Waals surface area contributed by atoms with Crippen molar-refractivity contribution in [1.82, 2.24) is 0 Å². The molecule has 2 N–H and O–H groups in total. The van der Waals surface area contributed by atoms with Crippen LogP contribution in [0.25, 0.3) is 0 Å². The number of aliphatic hydroxyl groups excluding tert-OH is 1. The van der Waals surface area contributed by atoms with Crippen LogP contribution in [0.3, 0.4) is 0 Å². The lowest BCUT2D eigenvalue weighted by atomic mass is 10.0. The number of fused-ring (bicyclic) bond motifs is 1. The molecule has 0 fully saturated rings. The molecule has 0 amide bonds. The fourth-order valence-electron chi connectivity index (χ4n) is 1.83. The summed E-state index contributed by atoms with van der Waals surface area (Å²) in [7, 11) is 0. The predicted molar refractivity (Wildman–Crippen MR) is 46.8 cm³/mol. The van der Waals surface area contributed by atoms with Gasteiger partial charge in [0.15, 0.2) is 0 Å². The summed E-state index contributed by atoms with van der Waals surface area (Å²) >= 11 is 0. The molecule has 3 nitrogen and oxygen atoms in total. The van der Waals surface area contributed by atoms with Crippen LogP contribution in [-0.2, 0) is 12.8 Å². The van der Waals surface area contributed by atoms with E-state index in [-0.39, 0.29) is 0 Å². The Morgan fingerprint density at radius 2 is 2.15 bits per heavy atom. The van der Waals surface area contributed by atoms with E-state index >= 15 is 0 Å². The van der Waals surface area contributed by atoms with Crippen molar-refractivity contribution in [3.05, 3.63) is 34.9 Å². The number of rotatable bonds is 1. The molecule has 1 aromatic carbocycles. The average Bonchev–Trinajstić information content (AvgIpc) is 2.43. The molecule has 13 heavy (non-hydrogen) atoms. The van der Waals surface area contributed by atoms with E-state index in [1.54, 1.807) is 12.1 Å². The first kappa shape index (κ1) is 8.26. The van der Waals surface area contributed by atoms with Crippen LogP contribution in [0.5, 0.6) is 0 Å². The number of benzene rings is 1. The third-order valence-corrected chi connectivity index (χ3v) is 2.40. The molecule has 1 aliphatic carbocycles. The zero-order valence-corrected chi connectivity index (χ0v) is 7.03. The molecule has 0 aliphatic heterocycles. The van der Waals surface area contributed by atoms with Crippen molar-refractivity contribution in [1.29, 1.82) is 0 Å². The van der Waals surface area contributed by atoms with Crippen molar-refractivity contribution in [3.8, 4) is 0 Å². The highest BCUT2D eigenvalue weighted by Gasteiger charge is 2.23. The quantitative estimate of drug-likeness (QED) is 0.670. The lowest BCUT2D eigenvalue weighted by Crippen LogP contribution is -2.05. The van der Waals surface area contributed by atoms with Crippen molar-refractivity contribution in [2.75, 3.05) is 0 Å². The minimum atomic E-state index is -0.911. The van der Waals surface area contributed by atoms with Gasteiger partial charge in [-0.1, -0.05) is 12.1 Å². The van der Waals surface area contributed by atoms with Crippen molar-refractivity contribution in [2.45, 2.75) is 18.9 Å². The first-order chi connectivity index (χ1) is 6.18. The van der Waals surface area contributed by atoms with Gasteiger partial charge in [-0.05, 0) is 30.0 Å². The average molecular weight is 178 g/mol. The zero-order valence-electron chi connectivity index (χ0n) is 7.03. The summed E-state index contributed by atoms with van der Waals surface area (Å²) < 4.78 is 0. The number of aliphatic hydroxyl groups is 1. The van der Waals surface area contributed by atoms with E-state index < -0.39 is 12.1 Å². The molecule has 3 heteroatoms. The fraction of sp³-hybridized carbons (Fsp3) is 0.300. The summed E-state index contributed by atoms with van der Waals surface area (Å²) in [6, 6.07) is 5.18. The molecule has 0 saturated heterocycles. The molecule has 0 saturated carbocycles. The van der Waals surface area contributed by atoms with Crippen molar-refractivity contribution in [3.63, 3.8) is 0 Å². The van der Waals surface area contributed by atoms with Crippen LogP contribution in [0.2, 0.25) is 0 Å². The van der Waals surface area contributed by atoms with Gasteiger partial charge in [0.1, 0.15) is 0 Å². The number of hydrogen-bond donors (Lipinski definition) is 2. The molecule has 1 aliphatic rings. The van der Waals surface area contributed by atoms with Crippen molar-refractivity contribution < 1.29 is 15.0 Å². The van der Waals surface area contributed by atoms with Gasteiger partial charge in [-0.3, -0.25) is 0 Å². The van der Waals surface area contributed by atoms with Crippen LogP contribution < -0.4 is 0 Å². The Balaban J connectivity index is 2.51. The van der Waals surface area contributed by atoms with Crippen LogP contribution >= 0.6 is 0 Å². The van der Waals surface area contributed by atoms with Crippen LogP contribution in [0.1, 0.15) is 21.5 Å². The zero-order chi connectivity index (χ0) is 9.42. The Labute approximate surface area is 75.6 Å². The second-order valence-electron chi connectivity index (χ2n) is 3.31. The van der Waals surface area contributed by atoms with Crippen LogP contribution in [-0.4, -0.2) is 22.3 Å². The van der Waals surface area contributed by atoms with Crippen molar-refractivity contribution >= 4 is 5.97 Å². The lowest BCUT2D eigenvalue weighted by Gasteiger charge is -2.02. The number of carboxylic acids is 1. The van der Waals surface area contributed by atoms with Crippen LogP contribution in [0.4, 0.5) is 0 Å². The van der Waals surface area contributed by atoms with Gasteiger partial charge < -0.3 is 10.2 Å². The normalized spacial score (nSPS) is 19.9. The Kier molecular flexibility index (Phi) is 1.81. The first-order valence-corrected chi connectivity index (χ1v) is 4.20. The maximum absolute atomic E-state index is 10.8. The van der Waals surface area contributed by atoms with E-state index in [0.29, 0.717) is 18.4 Å². The summed E-state index contributed by atoms with van der Waals surface area (Å²) in [6.07, 6.45) is 0.643. The van der Waals surface area contributed by atoms with Gasteiger partial charge in [0.25, 0.3) is 0 Å². The lowest BCUT2D eigenvalue weighted by molar-refractivity contribution is 0.0695. The van der Waals surface area contributed by atoms with Gasteiger partial charge >= 0.3 is 5.97 Å². The molecule has 0 heterocycles. The SMILES string of the molecule is O=C(O)c1cccc2c1CC(O)C2. The summed E-state index contributed by atoms with van der Waals surface area (Å²) in [6.45, 7) is 0. The smallest absolute Gasteiger partial charge is 0.335 e. The molecule has 1 unspecified atom stereocenters. The molecule has 0 spiro atoms. The summed E-state index contributed by atoms with van der Waals surface area (Å²) in [5.74, 6) is -0.911. The van der Waals surface area contributed by atoms with Gasteiger partial charge in [0.05, 0.1) is 11.7 Å². The summed E-state index contributed by atoms with van der Waals surface area (Å²) in [5.41, 5.74) is 2.09. The Hall–Kier alpha value is -1.35. The fourth-order valence-corrected chi connectivity index (χ4v) is 1.83. The van der Waals surface area contributed by atoms with E-state index in [1.165, 1.54) is 0 Å². The van der Waals surface area contributed by atoms with Gasteiger partial charge in [-0.15, -0.1) is 0 Å². The molecular formula is C10H10O3. The molecule has 1 atom stereocenters. The van der Waals surface area contributed by atoms with E-state index in [0.717, 1.165) is 11.1 Å². The van der Waals surface area contributed by atoms with E-state index in [4.69, 9.17) is 5.11 Å². The molecule has 68 valence electrons.